The first-order valence-corrected chi connectivity index (χ1v) is 8.93. The zero-order valence-electron chi connectivity index (χ0n) is 16.2. The molecule has 1 atom stereocenters. The second-order valence-electron chi connectivity index (χ2n) is 6.82. The number of pyridine rings is 1. The number of hydrogen-bond acceptors (Lipinski definition) is 5. The summed E-state index contributed by atoms with van der Waals surface area (Å²) in [6.45, 7) is 7.57. The molecule has 1 unspecified atom stereocenters. The summed E-state index contributed by atoms with van der Waals surface area (Å²) in [6.07, 6.45) is 0.178. The predicted octanol–water partition coefficient (Wildman–Crippen LogP) is 1.92. The summed E-state index contributed by atoms with van der Waals surface area (Å²) in [7, 11) is 3.79. The van der Waals surface area contributed by atoms with Crippen molar-refractivity contribution in [1.29, 1.82) is 0 Å². The molecule has 0 radical (unpaired) electrons. The molecule has 1 N–H and O–H groups in total. The maximum atomic E-state index is 12.8. The van der Waals surface area contributed by atoms with Gasteiger partial charge in [0.1, 0.15) is 6.10 Å². The van der Waals surface area contributed by atoms with Gasteiger partial charge in [-0.2, -0.15) is 5.10 Å². The number of amides is 1. The second-order valence-corrected chi connectivity index (χ2v) is 6.82. The van der Waals surface area contributed by atoms with Crippen LogP contribution in [-0.4, -0.2) is 52.3 Å². The van der Waals surface area contributed by atoms with Crippen LogP contribution in [0.1, 0.15) is 34.4 Å². The zero-order chi connectivity index (χ0) is 18.8. The number of carbonyl (C=O) groups is 1. The molecule has 1 amide bonds. The van der Waals surface area contributed by atoms with E-state index in [9.17, 15) is 4.79 Å². The van der Waals surface area contributed by atoms with Crippen molar-refractivity contribution >= 4 is 11.6 Å². The third-order valence-corrected chi connectivity index (χ3v) is 5.00. The Hall–Kier alpha value is -2.41. The van der Waals surface area contributed by atoms with E-state index in [1.54, 1.807) is 0 Å². The van der Waals surface area contributed by atoms with Gasteiger partial charge in [-0.3, -0.25) is 14.5 Å². The van der Waals surface area contributed by atoms with Gasteiger partial charge in [0.25, 0.3) is 0 Å². The van der Waals surface area contributed by atoms with E-state index in [1.165, 1.54) is 0 Å². The van der Waals surface area contributed by atoms with Crippen LogP contribution in [-0.2, 0) is 23.0 Å². The first-order chi connectivity index (χ1) is 12.4. The van der Waals surface area contributed by atoms with E-state index in [-0.39, 0.29) is 12.0 Å². The van der Waals surface area contributed by atoms with Gasteiger partial charge >= 0.3 is 0 Å². The van der Waals surface area contributed by atoms with Crippen molar-refractivity contribution < 1.29 is 9.53 Å². The monoisotopic (exact) mass is 357 g/mol. The van der Waals surface area contributed by atoms with Crippen LogP contribution < -0.4 is 5.32 Å². The van der Waals surface area contributed by atoms with Gasteiger partial charge in [-0.15, -0.1) is 0 Å². The van der Waals surface area contributed by atoms with Crippen LogP contribution in [0.5, 0.6) is 0 Å². The number of carbonyl (C=O) groups excluding carboxylic acids is 1. The Morgan fingerprint density at radius 3 is 2.77 bits per heavy atom. The fourth-order valence-corrected chi connectivity index (χ4v) is 3.39. The van der Waals surface area contributed by atoms with Crippen LogP contribution in [0.15, 0.2) is 12.1 Å². The molecular formula is C19H27N5O2. The number of anilines is 1. The molecule has 7 heteroatoms. The molecule has 3 rings (SSSR count). The van der Waals surface area contributed by atoms with Gasteiger partial charge in [-0.1, -0.05) is 0 Å². The number of morpholine rings is 1. The Morgan fingerprint density at radius 1 is 1.35 bits per heavy atom. The number of ether oxygens (including phenoxy) is 1. The Balaban J connectivity index is 1.74. The number of nitrogens with one attached hydrogen (secondary N) is 1. The quantitative estimate of drug-likeness (QED) is 0.905. The summed E-state index contributed by atoms with van der Waals surface area (Å²) >= 11 is 0. The summed E-state index contributed by atoms with van der Waals surface area (Å²) in [5.74, 6) is 0.110. The van der Waals surface area contributed by atoms with Gasteiger partial charge in [-0.25, -0.2) is 0 Å². The molecule has 0 aromatic carbocycles. The van der Waals surface area contributed by atoms with Gasteiger partial charge in [0.05, 0.1) is 31.0 Å². The molecule has 0 saturated carbocycles. The average molecular weight is 357 g/mol. The standard InChI is InChI=1S/C19H27N5O2/c1-12-8-15(20-4)9-17(21-12)18-11-24(6-7-26-18)19(25)10-16-13(2)22-23(5)14(16)3/h8-9,18H,6-7,10-11H2,1-5H3,(H,20,21). The van der Waals surface area contributed by atoms with Crippen molar-refractivity contribution in [2.75, 3.05) is 32.1 Å². The third kappa shape index (κ3) is 3.72. The maximum absolute atomic E-state index is 12.8. The van der Waals surface area contributed by atoms with Crippen LogP contribution >= 0.6 is 0 Å². The van der Waals surface area contributed by atoms with Crippen LogP contribution in [0.4, 0.5) is 5.69 Å². The minimum atomic E-state index is -0.198. The molecule has 3 heterocycles. The van der Waals surface area contributed by atoms with E-state index in [2.05, 4.69) is 15.4 Å². The van der Waals surface area contributed by atoms with E-state index < -0.39 is 0 Å². The Labute approximate surface area is 154 Å². The molecule has 0 aliphatic carbocycles. The molecule has 26 heavy (non-hydrogen) atoms. The van der Waals surface area contributed by atoms with Crippen LogP contribution in [0.25, 0.3) is 0 Å². The van der Waals surface area contributed by atoms with E-state index in [4.69, 9.17) is 4.74 Å². The molecule has 0 bridgehead atoms. The minimum absolute atomic E-state index is 0.110. The average Bonchev–Trinajstić information content (AvgIpc) is 2.87. The SMILES string of the molecule is CNc1cc(C)nc(C2CN(C(=O)Cc3c(C)nn(C)c3C)CCO2)c1. The Bertz CT molecular complexity index is 815. The summed E-state index contributed by atoms with van der Waals surface area (Å²) in [5.41, 5.74) is 5.77. The smallest absolute Gasteiger partial charge is 0.227 e. The number of hydrogen-bond donors (Lipinski definition) is 1. The van der Waals surface area contributed by atoms with Crippen molar-refractivity contribution in [1.82, 2.24) is 19.7 Å². The lowest BCUT2D eigenvalue weighted by molar-refractivity contribution is -0.138. The first-order valence-electron chi connectivity index (χ1n) is 8.93. The van der Waals surface area contributed by atoms with Gasteiger partial charge in [0, 0.05) is 43.3 Å². The lowest BCUT2D eigenvalue weighted by atomic mass is 10.1. The summed E-state index contributed by atoms with van der Waals surface area (Å²) in [4.78, 5) is 19.3. The summed E-state index contributed by atoms with van der Waals surface area (Å²) in [5, 5.41) is 7.55. The van der Waals surface area contributed by atoms with Crippen LogP contribution in [0.2, 0.25) is 0 Å². The molecule has 1 saturated heterocycles. The molecule has 2 aromatic rings. The van der Waals surface area contributed by atoms with Gasteiger partial charge < -0.3 is 15.0 Å². The lowest BCUT2D eigenvalue weighted by Crippen LogP contribution is -2.43. The highest BCUT2D eigenvalue weighted by atomic mass is 16.5. The number of rotatable bonds is 4. The fourth-order valence-electron chi connectivity index (χ4n) is 3.39. The third-order valence-electron chi connectivity index (χ3n) is 5.00. The maximum Gasteiger partial charge on any atom is 0.227 e. The normalized spacial score (nSPS) is 17.4. The topological polar surface area (TPSA) is 72.3 Å². The highest BCUT2D eigenvalue weighted by Gasteiger charge is 2.27. The second kappa shape index (κ2) is 7.45. The number of aromatic nitrogens is 3. The summed E-state index contributed by atoms with van der Waals surface area (Å²) < 4.78 is 7.73. The van der Waals surface area contributed by atoms with Crippen LogP contribution in [0.3, 0.4) is 0 Å². The van der Waals surface area contributed by atoms with Crippen molar-refractivity contribution in [3.05, 3.63) is 40.5 Å². The molecule has 140 valence electrons. The van der Waals surface area contributed by atoms with Crippen molar-refractivity contribution in [2.45, 2.75) is 33.3 Å². The number of aryl methyl sites for hydroxylation is 3. The van der Waals surface area contributed by atoms with E-state index in [1.807, 2.05) is 56.6 Å². The largest absolute Gasteiger partial charge is 0.388 e. The molecule has 2 aromatic heterocycles. The zero-order valence-corrected chi connectivity index (χ0v) is 16.2. The minimum Gasteiger partial charge on any atom is -0.388 e. The molecule has 0 spiro atoms. The molecular weight excluding hydrogens is 330 g/mol. The highest BCUT2D eigenvalue weighted by Crippen LogP contribution is 2.24. The van der Waals surface area contributed by atoms with Crippen molar-refractivity contribution in [3.8, 4) is 0 Å². The molecule has 1 aliphatic heterocycles. The molecule has 1 aliphatic rings. The summed E-state index contributed by atoms with van der Waals surface area (Å²) in [6, 6.07) is 3.98. The highest BCUT2D eigenvalue weighted by molar-refractivity contribution is 5.79. The Morgan fingerprint density at radius 2 is 2.12 bits per heavy atom. The van der Waals surface area contributed by atoms with Crippen LogP contribution in [0, 0.1) is 20.8 Å². The van der Waals surface area contributed by atoms with Crippen molar-refractivity contribution in [3.63, 3.8) is 0 Å². The van der Waals surface area contributed by atoms with E-state index in [0.717, 1.165) is 34.0 Å². The van der Waals surface area contributed by atoms with Gasteiger partial charge in [0.2, 0.25) is 5.91 Å². The Kier molecular flexibility index (Phi) is 5.27. The van der Waals surface area contributed by atoms with E-state index >= 15 is 0 Å². The van der Waals surface area contributed by atoms with Gasteiger partial charge in [0.15, 0.2) is 0 Å². The fraction of sp³-hybridized carbons (Fsp3) is 0.526. The lowest BCUT2D eigenvalue weighted by Gasteiger charge is -2.33. The van der Waals surface area contributed by atoms with Crippen molar-refractivity contribution in [2.24, 2.45) is 7.05 Å². The number of nitrogens with zero attached hydrogens (tertiary/aromatic N) is 4. The van der Waals surface area contributed by atoms with E-state index in [0.29, 0.717) is 26.1 Å². The predicted molar refractivity (Wildman–Crippen MR) is 100 cm³/mol. The molecule has 1 fully saturated rings. The first kappa shape index (κ1) is 18.4. The molecule has 7 nitrogen and oxygen atoms in total. The van der Waals surface area contributed by atoms with Gasteiger partial charge in [-0.05, 0) is 32.9 Å².